The topological polar surface area (TPSA) is 40.5 Å². The molecule has 4 heteroatoms. The molecule has 1 aromatic rings. The van der Waals surface area contributed by atoms with Crippen LogP contribution in [-0.4, -0.2) is 30.4 Å². The number of carbonyl (C=O) groups excluding carboxylic acids is 1. The summed E-state index contributed by atoms with van der Waals surface area (Å²) in [6.45, 7) is 0.721. The number of hydrogen-bond donors (Lipinski definition) is 1. The quantitative estimate of drug-likeness (QED) is 0.814. The van der Waals surface area contributed by atoms with Gasteiger partial charge >= 0.3 is 0 Å². The molecule has 86 valence electrons. The molecule has 3 nitrogen and oxygen atoms in total. The van der Waals surface area contributed by atoms with Crippen molar-refractivity contribution < 1.29 is 9.90 Å². The Labute approximate surface area is 99.5 Å². The maximum absolute atomic E-state index is 11.7. The second kappa shape index (κ2) is 4.89. The van der Waals surface area contributed by atoms with Gasteiger partial charge < -0.3 is 10.0 Å². The molecular weight excluding hydrogens is 222 g/mol. The molecule has 1 amide bonds. The van der Waals surface area contributed by atoms with Crippen LogP contribution >= 0.6 is 11.8 Å². The molecule has 1 saturated heterocycles. The van der Waals surface area contributed by atoms with Crippen molar-refractivity contribution in [1.29, 1.82) is 0 Å². The van der Waals surface area contributed by atoms with E-state index in [1.807, 2.05) is 30.5 Å². The summed E-state index contributed by atoms with van der Waals surface area (Å²) in [5.41, 5.74) is 0.929. The van der Waals surface area contributed by atoms with Gasteiger partial charge in [0.2, 0.25) is 5.91 Å². The van der Waals surface area contributed by atoms with Gasteiger partial charge in [0.1, 0.15) is 0 Å². The maximum atomic E-state index is 11.7. The second-order valence-electron chi connectivity index (χ2n) is 3.96. The lowest BCUT2D eigenvalue weighted by molar-refractivity contribution is -0.117. The molecule has 0 bridgehead atoms. The molecule has 0 saturated carbocycles. The number of thioether (sulfide) groups is 1. The molecule has 0 aliphatic carbocycles. The first-order valence-corrected chi connectivity index (χ1v) is 6.52. The van der Waals surface area contributed by atoms with Crippen molar-refractivity contribution in [3.63, 3.8) is 0 Å². The van der Waals surface area contributed by atoms with Gasteiger partial charge in [-0.2, -0.15) is 0 Å². The highest BCUT2D eigenvalue weighted by atomic mass is 32.2. The van der Waals surface area contributed by atoms with E-state index in [0.717, 1.165) is 5.69 Å². The Morgan fingerprint density at radius 3 is 2.62 bits per heavy atom. The number of aliphatic hydroxyl groups is 1. The Morgan fingerprint density at radius 2 is 2.12 bits per heavy atom. The molecule has 1 unspecified atom stereocenters. The molecule has 16 heavy (non-hydrogen) atoms. The van der Waals surface area contributed by atoms with Crippen LogP contribution in [0.5, 0.6) is 0 Å². The van der Waals surface area contributed by atoms with Crippen molar-refractivity contribution >= 4 is 23.4 Å². The molecule has 1 aliphatic heterocycles. The second-order valence-corrected chi connectivity index (χ2v) is 4.83. The highest BCUT2D eigenvalue weighted by molar-refractivity contribution is 7.98. The van der Waals surface area contributed by atoms with Crippen LogP contribution in [0.1, 0.15) is 6.42 Å². The van der Waals surface area contributed by atoms with Gasteiger partial charge in [-0.1, -0.05) is 0 Å². The predicted molar refractivity (Wildman–Crippen MR) is 65.8 cm³/mol. The molecular formula is C12H15NO2S. The van der Waals surface area contributed by atoms with E-state index in [2.05, 4.69) is 0 Å². The average Bonchev–Trinajstić information content (AvgIpc) is 2.71. The zero-order chi connectivity index (χ0) is 11.5. The summed E-state index contributed by atoms with van der Waals surface area (Å²) >= 11 is 1.68. The number of rotatable bonds is 3. The van der Waals surface area contributed by atoms with Crippen LogP contribution in [0.4, 0.5) is 5.69 Å². The normalized spacial score (nSPS) is 20.5. The number of benzene rings is 1. The molecule has 0 aromatic heterocycles. The van der Waals surface area contributed by atoms with Crippen molar-refractivity contribution in [2.45, 2.75) is 11.3 Å². The minimum absolute atomic E-state index is 0.0884. The lowest BCUT2D eigenvalue weighted by Crippen LogP contribution is -2.24. The van der Waals surface area contributed by atoms with Crippen LogP contribution in [0.15, 0.2) is 29.2 Å². The van der Waals surface area contributed by atoms with E-state index in [9.17, 15) is 4.79 Å². The van der Waals surface area contributed by atoms with Gasteiger partial charge in [0.25, 0.3) is 0 Å². The number of nitrogens with zero attached hydrogens (tertiary/aromatic N) is 1. The molecule has 1 fully saturated rings. The van der Waals surface area contributed by atoms with Gasteiger partial charge in [-0.15, -0.1) is 11.8 Å². The van der Waals surface area contributed by atoms with E-state index in [0.29, 0.717) is 13.0 Å². The molecule has 2 rings (SSSR count). The summed E-state index contributed by atoms with van der Waals surface area (Å²) in [4.78, 5) is 14.7. The van der Waals surface area contributed by atoms with Crippen LogP contribution < -0.4 is 4.90 Å². The highest BCUT2D eigenvalue weighted by Crippen LogP contribution is 2.26. The molecule has 0 radical (unpaired) electrons. The summed E-state index contributed by atoms with van der Waals surface area (Å²) < 4.78 is 0. The minimum Gasteiger partial charge on any atom is -0.396 e. The SMILES string of the molecule is CSc1ccc(N2CC(CO)CC2=O)cc1. The van der Waals surface area contributed by atoms with Gasteiger partial charge in [-0.25, -0.2) is 0 Å². The molecule has 1 aromatic carbocycles. The van der Waals surface area contributed by atoms with Crippen LogP contribution in [0, 0.1) is 5.92 Å². The predicted octanol–water partition coefficient (Wildman–Crippen LogP) is 1.75. The summed E-state index contributed by atoms with van der Waals surface area (Å²) in [5, 5.41) is 9.05. The van der Waals surface area contributed by atoms with Crippen molar-refractivity contribution in [1.82, 2.24) is 0 Å². The van der Waals surface area contributed by atoms with E-state index in [1.165, 1.54) is 4.90 Å². The maximum Gasteiger partial charge on any atom is 0.227 e. The smallest absolute Gasteiger partial charge is 0.227 e. The minimum atomic E-state index is 0.0884. The summed E-state index contributed by atoms with van der Waals surface area (Å²) in [6, 6.07) is 7.95. The summed E-state index contributed by atoms with van der Waals surface area (Å²) in [5.74, 6) is 0.198. The average molecular weight is 237 g/mol. The van der Waals surface area contributed by atoms with E-state index in [4.69, 9.17) is 5.11 Å². The third-order valence-electron chi connectivity index (χ3n) is 2.85. The first-order valence-electron chi connectivity index (χ1n) is 5.30. The third kappa shape index (κ3) is 2.23. The van der Waals surface area contributed by atoms with Crippen molar-refractivity contribution in [2.75, 3.05) is 24.3 Å². The van der Waals surface area contributed by atoms with Crippen LogP contribution in [0.2, 0.25) is 0 Å². The number of amides is 1. The summed E-state index contributed by atoms with van der Waals surface area (Å²) in [7, 11) is 0. The van der Waals surface area contributed by atoms with Gasteiger partial charge in [-0.05, 0) is 30.5 Å². The number of hydrogen-bond acceptors (Lipinski definition) is 3. The van der Waals surface area contributed by atoms with Crippen LogP contribution in [0.3, 0.4) is 0 Å². The van der Waals surface area contributed by atoms with Gasteiger partial charge in [0.15, 0.2) is 0 Å². The monoisotopic (exact) mass is 237 g/mol. The molecule has 1 heterocycles. The van der Waals surface area contributed by atoms with Crippen molar-refractivity contribution in [3.05, 3.63) is 24.3 Å². The Balaban J connectivity index is 2.15. The molecule has 1 N–H and O–H groups in total. The van der Waals surface area contributed by atoms with Gasteiger partial charge in [-0.3, -0.25) is 4.79 Å². The zero-order valence-electron chi connectivity index (χ0n) is 9.22. The number of carbonyl (C=O) groups is 1. The first kappa shape index (κ1) is 11.5. The van der Waals surface area contributed by atoms with E-state index in [-0.39, 0.29) is 18.4 Å². The van der Waals surface area contributed by atoms with Crippen molar-refractivity contribution in [3.8, 4) is 0 Å². The largest absolute Gasteiger partial charge is 0.396 e. The Hall–Kier alpha value is -1.00. The van der Waals surface area contributed by atoms with E-state index >= 15 is 0 Å². The fraction of sp³-hybridized carbons (Fsp3) is 0.417. The summed E-state index contributed by atoms with van der Waals surface area (Å²) in [6.07, 6.45) is 2.48. The van der Waals surface area contributed by atoms with Crippen LogP contribution in [0.25, 0.3) is 0 Å². The Bertz CT molecular complexity index is 377. The highest BCUT2D eigenvalue weighted by Gasteiger charge is 2.29. The standard InChI is InChI=1S/C12H15NO2S/c1-16-11-4-2-10(3-5-11)13-7-9(8-14)6-12(13)15/h2-5,9,14H,6-8H2,1H3. The fourth-order valence-electron chi connectivity index (χ4n) is 1.92. The third-order valence-corrected chi connectivity index (χ3v) is 3.59. The fourth-order valence-corrected chi connectivity index (χ4v) is 2.32. The lowest BCUT2D eigenvalue weighted by Gasteiger charge is -2.16. The number of aliphatic hydroxyl groups excluding tert-OH is 1. The lowest BCUT2D eigenvalue weighted by atomic mass is 10.1. The van der Waals surface area contributed by atoms with Gasteiger partial charge in [0, 0.05) is 36.1 Å². The van der Waals surface area contributed by atoms with E-state index in [1.54, 1.807) is 16.7 Å². The first-order chi connectivity index (χ1) is 7.74. The van der Waals surface area contributed by atoms with Gasteiger partial charge in [0.05, 0.1) is 0 Å². The Kier molecular flexibility index (Phi) is 3.51. The molecule has 0 spiro atoms. The zero-order valence-corrected chi connectivity index (χ0v) is 10.0. The van der Waals surface area contributed by atoms with E-state index < -0.39 is 0 Å². The molecule has 1 atom stereocenters. The Morgan fingerprint density at radius 1 is 1.44 bits per heavy atom. The van der Waals surface area contributed by atoms with Crippen LogP contribution in [-0.2, 0) is 4.79 Å². The number of anilines is 1. The van der Waals surface area contributed by atoms with Crippen molar-refractivity contribution in [2.24, 2.45) is 5.92 Å². The molecule has 1 aliphatic rings.